The van der Waals surface area contributed by atoms with Crippen LogP contribution in [0.4, 0.5) is 0 Å². The van der Waals surface area contributed by atoms with Gasteiger partial charge in [0.2, 0.25) is 5.91 Å². The summed E-state index contributed by atoms with van der Waals surface area (Å²) in [5, 5.41) is 6.60. The molecular weight excluding hydrogens is 292 g/mol. The molecule has 5 nitrogen and oxygen atoms in total. The monoisotopic (exact) mass is 310 g/mol. The Labute approximate surface area is 128 Å². The molecule has 2 aliphatic rings. The SMILES string of the molecule is O=C(CNCc1cc(Cl)c2c(c1)OCCCO2)NC1CC1. The molecule has 21 heavy (non-hydrogen) atoms. The zero-order valence-electron chi connectivity index (χ0n) is 11.8. The third-order valence-electron chi connectivity index (χ3n) is 3.42. The molecule has 0 spiro atoms. The van der Waals surface area contributed by atoms with E-state index < -0.39 is 0 Å². The van der Waals surface area contributed by atoms with Gasteiger partial charge in [-0.3, -0.25) is 4.79 Å². The van der Waals surface area contributed by atoms with Crippen molar-refractivity contribution in [3.63, 3.8) is 0 Å². The zero-order chi connectivity index (χ0) is 14.7. The number of amides is 1. The van der Waals surface area contributed by atoms with E-state index in [4.69, 9.17) is 21.1 Å². The maximum absolute atomic E-state index is 11.6. The number of carbonyl (C=O) groups is 1. The molecule has 2 N–H and O–H groups in total. The third-order valence-corrected chi connectivity index (χ3v) is 3.70. The summed E-state index contributed by atoms with van der Waals surface area (Å²) in [4.78, 5) is 11.6. The van der Waals surface area contributed by atoms with E-state index in [1.807, 2.05) is 12.1 Å². The van der Waals surface area contributed by atoms with E-state index in [2.05, 4.69) is 10.6 Å². The van der Waals surface area contributed by atoms with Gasteiger partial charge in [-0.05, 0) is 30.5 Å². The molecule has 0 unspecified atom stereocenters. The zero-order valence-corrected chi connectivity index (χ0v) is 12.5. The van der Waals surface area contributed by atoms with E-state index in [-0.39, 0.29) is 5.91 Å². The minimum Gasteiger partial charge on any atom is -0.489 e. The molecule has 1 heterocycles. The fourth-order valence-electron chi connectivity index (χ4n) is 2.21. The van der Waals surface area contributed by atoms with Crippen LogP contribution in [0.3, 0.4) is 0 Å². The van der Waals surface area contributed by atoms with E-state index in [1.54, 1.807) is 0 Å². The summed E-state index contributed by atoms with van der Waals surface area (Å²) in [6.07, 6.45) is 3.05. The van der Waals surface area contributed by atoms with E-state index in [0.717, 1.165) is 24.8 Å². The van der Waals surface area contributed by atoms with Crippen LogP contribution < -0.4 is 20.1 Å². The highest BCUT2D eigenvalue weighted by atomic mass is 35.5. The second-order valence-electron chi connectivity index (χ2n) is 5.40. The van der Waals surface area contributed by atoms with Gasteiger partial charge in [0, 0.05) is 19.0 Å². The molecule has 1 aliphatic carbocycles. The third kappa shape index (κ3) is 4.02. The largest absolute Gasteiger partial charge is 0.489 e. The van der Waals surface area contributed by atoms with Gasteiger partial charge >= 0.3 is 0 Å². The Balaban J connectivity index is 1.56. The van der Waals surface area contributed by atoms with Crippen LogP contribution >= 0.6 is 11.6 Å². The molecule has 0 aromatic heterocycles. The van der Waals surface area contributed by atoms with Gasteiger partial charge in [-0.15, -0.1) is 0 Å². The second-order valence-corrected chi connectivity index (χ2v) is 5.81. The fourth-order valence-corrected chi connectivity index (χ4v) is 2.50. The van der Waals surface area contributed by atoms with Crippen LogP contribution in [-0.4, -0.2) is 31.7 Å². The standard InChI is InChI=1S/C15H19ClN2O3/c16-12-6-10(7-13-15(12)21-5-1-4-20-13)8-17-9-14(19)18-11-2-3-11/h6-7,11,17H,1-5,8-9H2,(H,18,19). The van der Waals surface area contributed by atoms with Crippen LogP contribution in [0, 0.1) is 0 Å². The smallest absolute Gasteiger partial charge is 0.234 e. The number of carbonyl (C=O) groups excluding carboxylic acids is 1. The highest BCUT2D eigenvalue weighted by Gasteiger charge is 2.22. The number of benzene rings is 1. The molecule has 1 aromatic rings. The minimum atomic E-state index is 0.0398. The van der Waals surface area contributed by atoms with Gasteiger partial charge in [0.25, 0.3) is 0 Å². The Morgan fingerprint density at radius 1 is 1.29 bits per heavy atom. The first-order valence-corrected chi connectivity index (χ1v) is 7.68. The number of nitrogens with one attached hydrogen (secondary N) is 2. The first kappa shape index (κ1) is 14.5. The summed E-state index contributed by atoms with van der Waals surface area (Å²) in [7, 11) is 0. The average molecular weight is 311 g/mol. The highest BCUT2D eigenvalue weighted by Crippen LogP contribution is 2.37. The number of halogens is 1. The molecule has 1 amide bonds. The van der Waals surface area contributed by atoms with Crippen molar-refractivity contribution in [3.05, 3.63) is 22.7 Å². The summed E-state index contributed by atoms with van der Waals surface area (Å²) in [6, 6.07) is 4.16. The predicted octanol–water partition coefficient (Wildman–Crippen LogP) is 1.87. The van der Waals surface area contributed by atoms with Crippen molar-refractivity contribution in [1.82, 2.24) is 10.6 Å². The van der Waals surface area contributed by atoms with Crippen molar-refractivity contribution in [2.75, 3.05) is 19.8 Å². The summed E-state index contributed by atoms with van der Waals surface area (Å²) in [5.74, 6) is 1.33. The maximum Gasteiger partial charge on any atom is 0.234 e. The van der Waals surface area contributed by atoms with E-state index in [0.29, 0.717) is 48.9 Å². The first-order chi connectivity index (χ1) is 10.2. The molecule has 0 radical (unpaired) electrons. The van der Waals surface area contributed by atoms with Crippen LogP contribution in [-0.2, 0) is 11.3 Å². The number of hydrogen-bond acceptors (Lipinski definition) is 4. The van der Waals surface area contributed by atoms with E-state index in [1.165, 1.54) is 0 Å². The molecule has 6 heteroatoms. The summed E-state index contributed by atoms with van der Waals surface area (Å²) in [6.45, 7) is 2.12. The first-order valence-electron chi connectivity index (χ1n) is 7.30. The molecule has 1 saturated carbocycles. The number of hydrogen-bond donors (Lipinski definition) is 2. The Morgan fingerprint density at radius 3 is 2.90 bits per heavy atom. The lowest BCUT2D eigenvalue weighted by Gasteiger charge is -2.12. The molecule has 3 rings (SSSR count). The topological polar surface area (TPSA) is 59.6 Å². The van der Waals surface area contributed by atoms with Gasteiger partial charge in [-0.2, -0.15) is 0 Å². The van der Waals surface area contributed by atoms with Crippen LogP contribution in [0.1, 0.15) is 24.8 Å². The molecule has 1 aromatic carbocycles. The van der Waals surface area contributed by atoms with Gasteiger partial charge in [-0.1, -0.05) is 11.6 Å². The Bertz CT molecular complexity index is 532. The number of ether oxygens (including phenoxy) is 2. The Kier molecular flexibility index (Phi) is 4.51. The van der Waals surface area contributed by atoms with Gasteiger partial charge in [0.05, 0.1) is 24.8 Å². The summed E-state index contributed by atoms with van der Waals surface area (Å²) in [5.41, 5.74) is 0.975. The fraction of sp³-hybridized carbons (Fsp3) is 0.533. The molecule has 0 saturated heterocycles. The number of fused-ring (bicyclic) bond motifs is 1. The van der Waals surface area contributed by atoms with Crippen molar-refractivity contribution in [2.24, 2.45) is 0 Å². The lowest BCUT2D eigenvalue weighted by Crippen LogP contribution is -2.34. The lowest BCUT2D eigenvalue weighted by molar-refractivity contribution is -0.120. The lowest BCUT2D eigenvalue weighted by atomic mass is 10.2. The van der Waals surface area contributed by atoms with Gasteiger partial charge in [-0.25, -0.2) is 0 Å². The summed E-state index contributed by atoms with van der Waals surface area (Å²) < 4.78 is 11.2. The van der Waals surface area contributed by atoms with Crippen LogP contribution in [0.2, 0.25) is 5.02 Å². The normalized spacial score (nSPS) is 17.2. The molecule has 0 bridgehead atoms. The van der Waals surface area contributed by atoms with Gasteiger partial charge in [0.15, 0.2) is 11.5 Å². The Hall–Kier alpha value is -1.46. The average Bonchev–Trinajstić information content (AvgIpc) is 3.25. The van der Waals surface area contributed by atoms with Crippen LogP contribution in [0.25, 0.3) is 0 Å². The molecule has 1 fully saturated rings. The second kappa shape index (κ2) is 6.54. The molecule has 0 atom stereocenters. The van der Waals surface area contributed by atoms with Gasteiger partial charge in [0.1, 0.15) is 0 Å². The van der Waals surface area contributed by atoms with E-state index in [9.17, 15) is 4.79 Å². The van der Waals surface area contributed by atoms with Crippen molar-refractivity contribution in [2.45, 2.75) is 31.8 Å². The van der Waals surface area contributed by atoms with Gasteiger partial charge < -0.3 is 20.1 Å². The maximum atomic E-state index is 11.6. The van der Waals surface area contributed by atoms with Crippen LogP contribution in [0.15, 0.2) is 12.1 Å². The molecule has 1 aliphatic heterocycles. The van der Waals surface area contributed by atoms with E-state index >= 15 is 0 Å². The quantitative estimate of drug-likeness (QED) is 0.871. The summed E-state index contributed by atoms with van der Waals surface area (Å²) >= 11 is 6.23. The van der Waals surface area contributed by atoms with Crippen molar-refractivity contribution < 1.29 is 14.3 Å². The number of rotatable bonds is 5. The highest BCUT2D eigenvalue weighted by molar-refractivity contribution is 6.32. The van der Waals surface area contributed by atoms with Crippen LogP contribution in [0.5, 0.6) is 11.5 Å². The minimum absolute atomic E-state index is 0.0398. The molecule has 114 valence electrons. The predicted molar refractivity (Wildman–Crippen MR) is 79.9 cm³/mol. The molecular formula is C15H19ClN2O3. The van der Waals surface area contributed by atoms with Crippen molar-refractivity contribution in [1.29, 1.82) is 0 Å². The Morgan fingerprint density at radius 2 is 2.10 bits per heavy atom. The van der Waals surface area contributed by atoms with Crippen molar-refractivity contribution in [3.8, 4) is 11.5 Å². The van der Waals surface area contributed by atoms with Crippen molar-refractivity contribution >= 4 is 17.5 Å².